The fraction of sp³-hybridized carbons (Fsp3) is 0.529. The summed E-state index contributed by atoms with van der Waals surface area (Å²) in [6, 6.07) is 6.96. The number of nitrogens with one attached hydrogen (secondary N) is 4. The maximum absolute atomic E-state index is 12.4. The first-order valence-electron chi connectivity index (χ1n) is 8.15. The van der Waals surface area contributed by atoms with Crippen LogP contribution >= 0.6 is 12.4 Å². The number of halogens is 1. The summed E-state index contributed by atoms with van der Waals surface area (Å²) in [7, 11) is 0. The summed E-state index contributed by atoms with van der Waals surface area (Å²) in [5, 5.41) is 11.9. The third-order valence-electron chi connectivity index (χ3n) is 3.90. The van der Waals surface area contributed by atoms with Gasteiger partial charge in [0.25, 0.3) is 5.91 Å². The van der Waals surface area contributed by atoms with Gasteiger partial charge in [0.05, 0.1) is 0 Å². The summed E-state index contributed by atoms with van der Waals surface area (Å²) in [6.07, 6.45) is 0.932. The van der Waals surface area contributed by atoms with E-state index >= 15 is 0 Å². The van der Waals surface area contributed by atoms with Crippen LogP contribution in [0.15, 0.2) is 24.3 Å². The molecule has 3 amide bonds. The first-order chi connectivity index (χ1) is 11.0. The summed E-state index contributed by atoms with van der Waals surface area (Å²) in [5.74, 6) is 0.308. The van der Waals surface area contributed by atoms with E-state index in [9.17, 15) is 9.59 Å². The normalized spacial score (nSPS) is 20.0. The fourth-order valence-electron chi connectivity index (χ4n) is 2.65. The molecule has 1 aromatic carbocycles. The van der Waals surface area contributed by atoms with Crippen molar-refractivity contribution >= 4 is 30.0 Å². The van der Waals surface area contributed by atoms with Gasteiger partial charge in [0, 0.05) is 23.3 Å². The topological polar surface area (TPSA) is 82.3 Å². The molecule has 7 heteroatoms. The first-order valence-corrected chi connectivity index (χ1v) is 8.15. The van der Waals surface area contributed by atoms with Crippen LogP contribution in [-0.2, 0) is 0 Å². The van der Waals surface area contributed by atoms with Crippen molar-refractivity contribution in [3.63, 3.8) is 0 Å². The average molecular weight is 355 g/mol. The molecular weight excluding hydrogens is 328 g/mol. The van der Waals surface area contributed by atoms with Gasteiger partial charge in [-0.3, -0.25) is 4.79 Å². The fourth-order valence-corrected chi connectivity index (χ4v) is 2.65. The van der Waals surface area contributed by atoms with E-state index < -0.39 is 0 Å². The van der Waals surface area contributed by atoms with Crippen LogP contribution in [0.5, 0.6) is 0 Å². The Morgan fingerprint density at radius 3 is 2.71 bits per heavy atom. The number of rotatable bonds is 4. The van der Waals surface area contributed by atoms with Gasteiger partial charge < -0.3 is 21.3 Å². The molecule has 0 radical (unpaired) electrons. The quantitative estimate of drug-likeness (QED) is 0.670. The van der Waals surface area contributed by atoms with Crippen LogP contribution in [0.4, 0.5) is 10.5 Å². The van der Waals surface area contributed by atoms with Crippen molar-refractivity contribution in [1.29, 1.82) is 0 Å². The Balaban J connectivity index is 0.00000288. The highest BCUT2D eigenvalue weighted by Gasteiger charge is 2.23. The van der Waals surface area contributed by atoms with E-state index in [0.717, 1.165) is 19.5 Å². The summed E-state index contributed by atoms with van der Waals surface area (Å²) in [5.41, 5.74) is 1.16. The molecule has 1 aliphatic heterocycles. The van der Waals surface area contributed by atoms with Gasteiger partial charge in [-0.25, -0.2) is 4.79 Å². The van der Waals surface area contributed by atoms with Gasteiger partial charge in [-0.15, -0.1) is 12.4 Å². The van der Waals surface area contributed by atoms with Gasteiger partial charge in [-0.2, -0.15) is 0 Å². The molecule has 0 spiro atoms. The molecule has 134 valence electrons. The second-order valence-electron chi connectivity index (χ2n) is 6.38. The number of urea groups is 1. The number of carbonyl (C=O) groups is 2. The lowest BCUT2D eigenvalue weighted by Gasteiger charge is -2.30. The van der Waals surface area contributed by atoms with Crippen molar-refractivity contribution in [3.05, 3.63) is 29.8 Å². The molecule has 0 aliphatic carbocycles. The van der Waals surface area contributed by atoms with Crippen molar-refractivity contribution in [2.75, 3.05) is 18.4 Å². The maximum atomic E-state index is 12.4. The molecule has 1 aliphatic rings. The monoisotopic (exact) mass is 354 g/mol. The zero-order valence-corrected chi connectivity index (χ0v) is 15.2. The zero-order valence-electron chi connectivity index (χ0n) is 14.4. The smallest absolute Gasteiger partial charge is 0.319 e. The highest BCUT2D eigenvalue weighted by atomic mass is 35.5. The number of benzene rings is 1. The lowest BCUT2D eigenvalue weighted by atomic mass is 9.95. The van der Waals surface area contributed by atoms with E-state index in [2.05, 4.69) is 28.2 Å². The predicted octanol–water partition coefficient (Wildman–Crippen LogP) is 2.37. The van der Waals surface area contributed by atoms with Crippen molar-refractivity contribution in [2.24, 2.45) is 5.92 Å². The molecule has 1 aromatic rings. The van der Waals surface area contributed by atoms with Gasteiger partial charge in [-0.1, -0.05) is 13.0 Å². The van der Waals surface area contributed by atoms with E-state index in [4.69, 9.17) is 0 Å². The molecule has 2 rings (SSSR count). The summed E-state index contributed by atoms with van der Waals surface area (Å²) in [6.45, 7) is 7.76. The van der Waals surface area contributed by atoms with Crippen LogP contribution in [0, 0.1) is 5.92 Å². The predicted molar refractivity (Wildman–Crippen MR) is 98.9 cm³/mol. The summed E-state index contributed by atoms with van der Waals surface area (Å²) < 4.78 is 0. The number of anilines is 1. The van der Waals surface area contributed by atoms with Crippen molar-refractivity contribution < 1.29 is 9.59 Å². The van der Waals surface area contributed by atoms with E-state index in [0.29, 0.717) is 17.2 Å². The molecule has 6 nitrogen and oxygen atoms in total. The Hall–Kier alpha value is -1.79. The second kappa shape index (κ2) is 9.49. The standard InChI is InChI=1S/C17H26N4O2.ClH/c1-11(2)19-17(23)20-14-6-4-5-13(9-14)16(22)21-15-7-8-18-10-12(15)3;/h4-6,9,11-12,15,18H,7-8,10H2,1-3H3,(H,21,22)(H2,19,20,23);1H. The van der Waals surface area contributed by atoms with Crippen LogP contribution < -0.4 is 21.3 Å². The molecule has 0 saturated carbocycles. The molecule has 1 saturated heterocycles. The first kappa shape index (κ1) is 20.3. The molecule has 24 heavy (non-hydrogen) atoms. The molecule has 2 atom stereocenters. The number of carbonyl (C=O) groups excluding carboxylic acids is 2. The van der Waals surface area contributed by atoms with Crippen LogP contribution in [-0.4, -0.2) is 37.1 Å². The Morgan fingerprint density at radius 2 is 2.04 bits per heavy atom. The minimum Gasteiger partial charge on any atom is -0.349 e. The van der Waals surface area contributed by atoms with Gasteiger partial charge in [0.2, 0.25) is 0 Å². The minimum atomic E-state index is -0.274. The largest absolute Gasteiger partial charge is 0.349 e. The lowest BCUT2D eigenvalue weighted by Crippen LogP contribution is -2.48. The van der Waals surface area contributed by atoms with E-state index in [1.165, 1.54) is 0 Å². The third-order valence-corrected chi connectivity index (χ3v) is 3.90. The summed E-state index contributed by atoms with van der Waals surface area (Å²) >= 11 is 0. The Labute approximate surface area is 149 Å². The summed E-state index contributed by atoms with van der Waals surface area (Å²) in [4.78, 5) is 24.1. The second-order valence-corrected chi connectivity index (χ2v) is 6.38. The molecule has 2 unspecified atom stereocenters. The van der Waals surface area contributed by atoms with E-state index in [-0.39, 0.29) is 36.4 Å². The van der Waals surface area contributed by atoms with Gasteiger partial charge in [0.1, 0.15) is 0 Å². The number of hydrogen-bond acceptors (Lipinski definition) is 3. The zero-order chi connectivity index (χ0) is 16.8. The Bertz CT molecular complexity index is 565. The highest BCUT2D eigenvalue weighted by molar-refractivity contribution is 5.97. The molecule has 1 fully saturated rings. The van der Waals surface area contributed by atoms with Crippen molar-refractivity contribution in [3.8, 4) is 0 Å². The maximum Gasteiger partial charge on any atom is 0.319 e. The van der Waals surface area contributed by atoms with Crippen LogP contribution in [0.2, 0.25) is 0 Å². The molecule has 0 bridgehead atoms. The lowest BCUT2D eigenvalue weighted by molar-refractivity contribution is 0.0914. The van der Waals surface area contributed by atoms with Gasteiger partial charge >= 0.3 is 6.03 Å². The SMILES string of the molecule is CC(C)NC(=O)Nc1cccc(C(=O)NC2CCNCC2C)c1.Cl. The third kappa shape index (κ3) is 6.02. The van der Waals surface area contributed by atoms with Gasteiger partial charge in [-0.05, 0) is 57.5 Å². The van der Waals surface area contributed by atoms with Gasteiger partial charge in [0.15, 0.2) is 0 Å². The van der Waals surface area contributed by atoms with E-state index in [1.807, 2.05) is 13.8 Å². The molecule has 0 aromatic heterocycles. The number of amides is 3. The van der Waals surface area contributed by atoms with Crippen LogP contribution in [0.25, 0.3) is 0 Å². The van der Waals surface area contributed by atoms with Crippen molar-refractivity contribution in [2.45, 2.75) is 39.3 Å². The van der Waals surface area contributed by atoms with Crippen LogP contribution in [0.1, 0.15) is 37.6 Å². The average Bonchev–Trinajstić information content (AvgIpc) is 2.49. The number of hydrogen-bond donors (Lipinski definition) is 4. The van der Waals surface area contributed by atoms with Crippen molar-refractivity contribution in [1.82, 2.24) is 16.0 Å². The minimum absolute atomic E-state index is 0. The molecule has 1 heterocycles. The Kier molecular flexibility index (Phi) is 8.01. The highest BCUT2D eigenvalue weighted by Crippen LogP contribution is 2.14. The molecular formula is C17H27ClN4O2. The Morgan fingerprint density at radius 1 is 1.29 bits per heavy atom. The van der Waals surface area contributed by atoms with Crippen LogP contribution in [0.3, 0.4) is 0 Å². The number of piperidine rings is 1. The molecule has 4 N–H and O–H groups in total. The van der Waals surface area contributed by atoms with E-state index in [1.54, 1.807) is 24.3 Å².